The normalized spacial score (nSPS) is 10.7. The summed E-state index contributed by atoms with van der Waals surface area (Å²) in [4.78, 5) is 29.6. The van der Waals surface area contributed by atoms with E-state index in [1.807, 2.05) is 79.7 Å². The van der Waals surface area contributed by atoms with Gasteiger partial charge >= 0.3 is 5.97 Å². The van der Waals surface area contributed by atoms with Crippen LogP contribution in [0, 0.1) is 0 Å². The Morgan fingerprint density at radius 3 is 2.19 bits per heavy atom. The molecule has 0 spiro atoms. The Labute approximate surface area is 180 Å². The summed E-state index contributed by atoms with van der Waals surface area (Å²) < 4.78 is 4.74. The van der Waals surface area contributed by atoms with E-state index in [-0.39, 0.29) is 11.9 Å². The predicted molar refractivity (Wildman–Crippen MR) is 124 cm³/mol. The summed E-state index contributed by atoms with van der Waals surface area (Å²) in [6.45, 7) is 0. The summed E-state index contributed by atoms with van der Waals surface area (Å²) in [5.41, 5.74) is 5.65. The fourth-order valence-corrected chi connectivity index (χ4v) is 3.38. The van der Waals surface area contributed by atoms with Gasteiger partial charge in [0, 0.05) is 47.6 Å². The molecule has 0 aliphatic carbocycles. The molecular formula is C25H23N3O3. The van der Waals surface area contributed by atoms with Crippen LogP contribution in [0.5, 0.6) is 0 Å². The number of H-pyrrole nitrogens is 1. The molecule has 0 saturated heterocycles. The van der Waals surface area contributed by atoms with Crippen molar-refractivity contribution in [2.24, 2.45) is 0 Å². The Morgan fingerprint density at radius 2 is 1.55 bits per heavy atom. The van der Waals surface area contributed by atoms with E-state index in [2.05, 4.69) is 10.3 Å². The van der Waals surface area contributed by atoms with Gasteiger partial charge in [0.05, 0.1) is 12.7 Å². The minimum absolute atomic E-state index is 0.158. The second-order valence-electron chi connectivity index (χ2n) is 7.45. The van der Waals surface area contributed by atoms with E-state index in [1.54, 1.807) is 12.1 Å². The van der Waals surface area contributed by atoms with Crippen molar-refractivity contribution in [3.8, 4) is 11.3 Å². The van der Waals surface area contributed by atoms with Gasteiger partial charge in [-0.3, -0.25) is 4.79 Å². The number of aromatic nitrogens is 1. The van der Waals surface area contributed by atoms with Gasteiger partial charge in [-0.2, -0.15) is 0 Å². The number of ether oxygens (including phenoxy) is 1. The van der Waals surface area contributed by atoms with Gasteiger partial charge in [-0.05, 0) is 60.2 Å². The average molecular weight is 413 g/mol. The van der Waals surface area contributed by atoms with Crippen molar-refractivity contribution < 1.29 is 14.3 Å². The second kappa shape index (κ2) is 8.36. The van der Waals surface area contributed by atoms with Crippen LogP contribution in [0.25, 0.3) is 22.2 Å². The number of carbonyl (C=O) groups excluding carboxylic acids is 2. The van der Waals surface area contributed by atoms with E-state index < -0.39 is 0 Å². The summed E-state index contributed by atoms with van der Waals surface area (Å²) in [7, 11) is 5.29. The molecule has 6 nitrogen and oxygen atoms in total. The second-order valence-corrected chi connectivity index (χ2v) is 7.45. The first kappa shape index (κ1) is 20.2. The van der Waals surface area contributed by atoms with Crippen LogP contribution in [0.15, 0.2) is 72.8 Å². The molecule has 3 aromatic carbocycles. The molecule has 0 aliphatic heterocycles. The number of aromatic amines is 1. The molecule has 6 heteroatoms. The van der Waals surface area contributed by atoms with Crippen LogP contribution in [0.4, 0.5) is 11.4 Å². The highest BCUT2D eigenvalue weighted by atomic mass is 16.5. The van der Waals surface area contributed by atoms with Crippen LogP contribution in [0.2, 0.25) is 0 Å². The van der Waals surface area contributed by atoms with E-state index in [4.69, 9.17) is 4.74 Å². The van der Waals surface area contributed by atoms with Crippen LogP contribution in [0.3, 0.4) is 0 Å². The Kier molecular flexibility index (Phi) is 5.45. The number of hydrogen-bond acceptors (Lipinski definition) is 4. The Bertz CT molecular complexity index is 1240. The van der Waals surface area contributed by atoms with E-state index >= 15 is 0 Å². The van der Waals surface area contributed by atoms with Crippen LogP contribution in [0.1, 0.15) is 20.7 Å². The molecule has 0 unspecified atom stereocenters. The SMILES string of the molecule is COC(=O)c1ccc(-c2cc3ccc(NC(=O)c4ccc(N(C)C)cc4)cc3[nH]2)cc1. The standard InChI is InChI=1S/C25H23N3O3/c1-28(2)21-12-9-17(10-13-21)24(29)26-20-11-8-19-14-22(27-23(19)15-20)16-4-6-18(7-5-16)25(30)31-3/h4-15,27H,1-3H3,(H,26,29). The highest BCUT2D eigenvalue weighted by Crippen LogP contribution is 2.27. The molecule has 156 valence electrons. The van der Waals surface area contributed by atoms with Crippen molar-refractivity contribution in [2.75, 3.05) is 31.4 Å². The third kappa shape index (κ3) is 4.28. The molecule has 2 N–H and O–H groups in total. The van der Waals surface area contributed by atoms with Crippen molar-refractivity contribution in [1.29, 1.82) is 0 Å². The molecule has 0 atom stereocenters. The molecule has 4 aromatic rings. The monoisotopic (exact) mass is 413 g/mol. The molecule has 4 rings (SSSR count). The summed E-state index contributed by atoms with van der Waals surface area (Å²) in [5.74, 6) is -0.519. The van der Waals surface area contributed by atoms with Crippen molar-refractivity contribution in [1.82, 2.24) is 4.98 Å². The maximum absolute atomic E-state index is 12.6. The Hall–Kier alpha value is -4.06. The molecule has 0 aliphatic rings. The van der Waals surface area contributed by atoms with Gasteiger partial charge < -0.3 is 19.9 Å². The van der Waals surface area contributed by atoms with Gasteiger partial charge in [-0.15, -0.1) is 0 Å². The van der Waals surface area contributed by atoms with Gasteiger partial charge in [0.25, 0.3) is 5.91 Å². The number of nitrogens with one attached hydrogen (secondary N) is 2. The molecule has 1 heterocycles. The molecule has 0 radical (unpaired) electrons. The van der Waals surface area contributed by atoms with E-state index in [9.17, 15) is 9.59 Å². The fourth-order valence-electron chi connectivity index (χ4n) is 3.38. The van der Waals surface area contributed by atoms with Crippen molar-refractivity contribution in [3.63, 3.8) is 0 Å². The van der Waals surface area contributed by atoms with E-state index in [1.165, 1.54) is 7.11 Å². The quantitative estimate of drug-likeness (QED) is 0.455. The lowest BCUT2D eigenvalue weighted by Crippen LogP contribution is -2.13. The molecule has 1 amide bonds. The molecular weight excluding hydrogens is 390 g/mol. The van der Waals surface area contributed by atoms with Crippen LogP contribution < -0.4 is 10.2 Å². The minimum Gasteiger partial charge on any atom is -0.465 e. The lowest BCUT2D eigenvalue weighted by atomic mass is 10.1. The Morgan fingerprint density at radius 1 is 0.871 bits per heavy atom. The minimum atomic E-state index is -0.361. The zero-order valence-electron chi connectivity index (χ0n) is 17.6. The fraction of sp³-hybridized carbons (Fsp3) is 0.120. The largest absolute Gasteiger partial charge is 0.465 e. The summed E-state index contributed by atoms with van der Waals surface area (Å²) >= 11 is 0. The van der Waals surface area contributed by atoms with Gasteiger partial charge in [0.1, 0.15) is 0 Å². The number of methoxy groups -OCH3 is 1. The number of carbonyl (C=O) groups is 2. The van der Waals surface area contributed by atoms with Gasteiger partial charge in [-0.25, -0.2) is 4.79 Å². The third-order valence-corrected chi connectivity index (χ3v) is 5.14. The lowest BCUT2D eigenvalue weighted by molar-refractivity contribution is 0.0600. The van der Waals surface area contributed by atoms with Crippen molar-refractivity contribution in [3.05, 3.63) is 83.9 Å². The third-order valence-electron chi connectivity index (χ3n) is 5.14. The molecule has 1 aromatic heterocycles. The maximum atomic E-state index is 12.6. The molecule has 0 saturated carbocycles. The first-order valence-electron chi connectivity index (χ1n) is 9.85. The van der Waals surface area contributed by atoms with E-state index in [0.717, 1.165) is 27.8 Å². The van der Waals surface area contributed by atoms with Crippen LogP contribution >= 0.6 is 0 Å². The topological polar surface area (TPSA) is 74.4 Å². The number of nitrogens with zero attached hydrogens (tertiary/aromatic N) is 1. The van der Waals surface area contributed by atoms with Crippen molar-refractivity contribution >= 4 is 34.2 Å². The zero-order chi connectivity index (χ0) is 22.0. The predicted octanol–water partition coefficient (Wildman–Crippen LogP) is 4.94. The number of benzene rings is 3. The number of anilines is 2. The number of esters is 1. The summed E-state index contributed by atoms with van der Waals surface area (Å²) in [6, 6.07) is 22.5. The van der Waals surface area contributed by atoms with Gasteiger partial charge in [0.2, 0.25) is 0 Å². The highest BCUT2D eigenvalue weighted by Gasteiger charge is 2.10. The number of rotatable bonds is 5. The average Bonchev–Trinajstić information content (AvgIpc) is 3.22. The first-order chi connectivity index (χ1) is 14.9. The maximum Gasteiger partial charge on any atom is 0.337 e. The van der Waals surface area contributed by atoms with E-state index in [0.29, 0.717) is 16.8 Å². The summed E-state index contributed by atoms with van der Waals surface area (Å²) in [6.07, 6.45) is 0. The molecule has 0 fully saturated rings. The van der Waals surface area contributed by atoms with Crippen molar-refractivity contribution in [2.45, 2.75) is 0 Å². The van der Waals surface area contributed by atoms with Crippen LogP contribution in [-0.2, 0) is 4.74 Å². The van der Waals surface area contributed by atoms with Crippen LogP contribution in [-0.4, -0.2) is 38.1 Å². The van der Waals surface area contributed by atoms with Gasteiger partial charge in [0.15, 0.2) is 0 Å². The number of hydrogen-bond donors (Lipinski definition) is 2. The Balaban J connectivity index is 1.53. The molecule has 31 heavy (non-hydrogen) atoms. The molecule has 0 bridgehead atoms. The smallest absolute Gasteiger partial charge is 0.337 e. The highest BCUT2D eigenvalue weighted by molar-refractivity contribution is 6.05. The number of fused-ring (bicyclic) bond motifs is 1. The van der Waals surface area contributed by atoms with Gasteiger partial charge in [-0.1, -0.05) is 18.2 Å². The summed E-state index contributed by atoms with van der Waals surface area (Å²) in [5, 5.41) is 3.98. The lowest BCUT2D eigenvalue weighted by Gasteiger charge is -2.12. The number of amides is 1. The first-order valence-corrected chi connectivity index (χ1v) is 9.85. The zero-order valence-corrected chi connectivity index (χ0v) is 17.6.